The Hall–Kier alpha value is -2.48. The Balaban J connectivity index is 2.30. The molecule has 0 bridgehead atoms. The second kappa shape index (κ2) is 7.40. The molecule has 1 N–H and O–H groups in total. The number of pyridine rings is 1. The Morgan fingerprint density at radius 1 is 1.03 bits per heavy atom. The lowest BCUT2D eigenvalue weighted by Crippen LogP contribution is -2.15. The van der Waals surface area contributed by atoms with Gasteiger partial charge in [0.1, 0.15) is 11.6 Å². The second-order valence-corrected chi connectivity index (χ2v) is 8.27. The van der Waals surface area contributed by atoms with Gasteiger partial charge in [0.2, 0.25) is 0 Å². The first-order chi connectivity index (χ1) is 13.4. The van der Waals surface area contributed by atoms with E-state index in [-0.39, 0.29) is 11.0 Å². The number of hydrogen-bond acceptors (Lipinski definition) is 2. The van der Waals surface area contributed by atoms with Gasteiger partial charge in [0.15, 0.2) is 5.69 Å². The maximum Gasteiger partial charge on any atom is 0.433 e. The summed E-state index contributed by atoms with van der Waals surface area (Å²) in [6.45, 7) is 7.13. The number of hydrogen-bond donors (Lipinski definition) is 1. The lowest BCUT2D eigenvalue weighted by Gasteiger charge is -2.20. The van der Waals surface area contributed by atoms with Crippen molar-refractivity contribution in [2.75, 3.05) is 7.05 Å². The van der Waals surface area contributed by atoms with Gasteiger partial charge < -0.3 is 9.88 Å². The average molecular weight is 411 g/mol. The second-order valence-electron chi connectivity index (χ2n) is 8.27. The molecule has 0 spiro atoms. The molecule has 3 nitrogen and oxygen atoms in total. The number of aromatic nitrogens is 2. The largest absolute Gasteiger partial charge is 0.433 e. The quantitative estimate of drug-likeness (QED) is 0.553. The lowest BCUT2D eigenvalue weighted by atomic mass is 9.96. The fraction of sp³-hybridized carbons (Fsp3) is 0.381. The Morgan fingerprint density at radius 3 is 2.31 bits per heavy atom. The molecule has 0 amide bonds. The van der Waals surface area contributed by atoms with Gasteiger partial charge >= 0.3 is 6.18 Å². The molecule has 3 rings (SSSR count). The van der Waals surface area contributed by atoms with Gasteiger partial charge in [-0.2, -0.15) is 13.2 Å². The van der Waals surface area contributed by atoms with Crippen molar-refractivity contribution >= 4 is 10.9 Å². The highest BCUT2D eigenvalue weighted by atomic mass is 19.4. The molecule has 0 saturated carbocycles. The number of halogens is 5. The third-order valence-corrected chi connectivity index (χ3v) is 4.48. The van der Waals surface area contributed by atoms with E-state index >= 15 is 0 Å². The van der Waals surface area contributed by atoms with Crippen molar-refractivity contribution in [3.05, 3.63) is 53.5 Å². The SMILES string of the molecule is CNCc1cn(CC(C)(C)C)c2cc(-c3cc(F)cnc3C(F)(F)F)c(F)cc12. The van der Waals surface area contributed by atoms with Crippen molar-refractivity contribution < 1.29 is 22.0 Å². The van der Waals surface area contributed by atoms with Crippen LogP contribution < -0.4 is 5.32 Å². The minimum absolute atomic E-state index is 0.116. The van der Waals surface area contributed by atoms with Crippen LogP contribution >= 0.6 is 0 Å². The first-order valence-corrected chi connectivity index (χ1v) is 9.09. The van der Waals surface area contributed by atoms with Crippen molar-refractivity contribution in [3.63, 3.8) is 0 Å². The van der Waals surface area contributed by atoms with E-state index in [1.165, 1.54) is 12.1 Å². The number of nitrogens with one attached hydrogen (secondary N) is 1. The first-order valence-electron chi connectivity index (χ1n) is 9.09. The summed E-state index contributed by atoms with van der Waals surface area (Å²) in [6, 6.07) is 3.23. The molecule has 2 heterocycles. The van der Waals surface area contributed by atoms with Crippen LogP contribution in [0.1, 0.15) is 32.0 Å². The van der Waals surface area contributed by atoms with Crippen LogP contribution in [-0.2, 0) is 19.3 Å². The summed E-state index contributed by atoms with van der Waals surface area (Å²) in [5.41, 5.74) is -0.975. The first kappa shape index (κ1) is 21.2. The molecule has 0 unspecified atom stereocenters. The standard InChI is InChI=1S/C21H22F5N3/c1-20(2,3)11-29-10-12(8-27-4)14-6-17(23)15(7-18(14)29)16-5-13(22)9-28-19(16)21(24,25)26/h5-7,9-10,27H,8,11H2,1-4H3. The highest BCUT2D eigenvalue weighted by molar-refractivity contribution is 5.89. The zero-order valence-electron chi connectivity index (χ0n) is 16.6. The summed E-state index contributed by atoms with van der Waals surface area (Å²) >= 11 is 0. The molecular formula is C21H22F5N3. The topological polar surface area (TPSA) is 29.9 Å². The molecule has 0 aliphatic rings. The van der Waals surface area contributed by atoms with Crippen LogP contribution in [0.15, 0.2) is 30.6 Å². The maximum atomic E-state index is 14.9. The van der Waals surface area contributed by atoms with E-state index < -0.39 is 29.1 Å². The highest BCUT2D eigenvalue weighted by Gasteiger charge is 2.36. The molecule has 0 aliphatic carbocycles. The number of benzene rings is 1. The Bertz CT molecular complexity index is 1050. The van der Waals surface area contributed by atoms with Gasteiger partial charge in [0.25, 0.3) is 0 Å². The summed E-state index contributed by atoms with van der Waals surface area (Å²) in [5, 5.41) is 3.61. The highest BCUT2D eigenvalue weighted by Crippen LogP contribution is 2.39. The number of rotatable bonds is 4. The number of alkyl halides is 3. The van der Waals surface area contributed by atoms with Crippen molar-refractivity contribution in [3.8, 4) is 11.1 Å². The van der Waals surface area contributed by atoms with E-state index in [2.05, 4.69) is 10.3 Å². The van der Waals surface area contributed by atoms with E-state index in [9.17, 15) is 22.0 Å². The summed E-state index contributed by atoms with van der Waals surface area (Å²) in [5.74, 6) is -1.82. The molecule has 1 aromatic carbocycles. The molecule has 0 atom stereocenters. The van der Waals surface area contributed by atoms with E-state index in [0.29, 0.717) is 36.3 Å². The van der Waals surface area contributed by atoms with Crippen molar-refractivity contribution in [1.29, 1.82) is 0 Å². The van der Waals surface area contributed by atoms with Crippen molar-refractivity contribution in [2.45, 2.75) is 40.0 Å². The summed E-state index contributed by atoms with van der Waals surface area (Å²) in [4.78, 5) is 3.18. The Morgan fingerprint density at radius 2 is 1.72 bits per heavy atom. The monoisotopic (exact) mass is 411 g/mol. The maximum absolute atomic E-state index is 14.9. The van der Waals surface area contributed by atoms with Crippen LogP contribution in [-0.4, -0.2) is 16.6 Å². The van der Waals surface area contributed by atoms with Crippen LogP contribution in [0.3, 0.4) is 0 Å². The fourth-order valence-electron chi connectivity index (χ4n) is 3.43. The summed E-state index contributed by atoms with van der Waals surface area (Å²) in [7, 11) is 1.76. The molecule has 2 aromatic heterocycles. The minimum atomic E-state index is -4.84. The number of fused-ring (bicyclic) bond motifs is 1. The average Bonchev–Trinajstić information content (AvgIpc) is 2.88. The van der Waals surface area contributed by atoms with Crippen LogP contribution in [0.25, 0.3) is 22.0 Å². The number of nitrogens with zero attached hydrogens (tertiary/aromatic N) is 2. The van der Waals surface area contributed by atoms with Crippen LogP contribution in [0.2, 0.25) is 0 Å². The smallest absolute Gasteiger partial charge is 0.347 e. The molecule has 0 aliphatic heterocycles. The van der Waals surface area contributed by atoms with Gasteiger partial charge in [-0.3, -0.25) is 0 Å². The third kappa shape index (κ3) is 4.42. The molecule has 8 heteroatoms. The normalized spacial score (nSPS) is 12.7. The summed E-state index contributed by atoms with van der Waals surface area (Å²) < 4.78 is 70.7. The van der Waals surface area contributed by atoms with Crippen LogP contribution in [0, 0.1) is 17.0 Å². The van der Waals surface area contributed by atoms with E-state index in [1.54, 1.807) is 7.05 Å². The predicted molar refractivity (Wildman–Crippen MR) is 102 cm³/mol. The van der Waals surface area contributed by atoms with Gasteiger partial charge in [-0.15, -0.1) is 0 Å². The minimum Gasteiger partial charge on any atom is -0.347 e. The van der Waals surface area contributed by atoms with Crippen molar-refractivity contribution in [1.82, 2.24) is 14.9 Å². The predicted octanol–water partition coefficient (Wildman–Crippen LogP) is 5.77. The van der Waals surface area contributed by atoms with Gasteiger partial charge in [-0.25, -0.2) is 13.8 Å². The zero-order valence-corrected chi connectivity index (χ0v) is 16.6. The molecule has 29 heavy (non-hydrogen) atoms. The molecule has 3 aromatic rings. The zero-order chi connectivity index (χ0) is 21.6. The van der Waals surface area contributed by atoms with E-state index in [1.807, 2.05) is 31.5 Å². The molecule has 0 saturated heterocycles. The van der Waals surface area contributed by atoms with Crippen LogP contribution in [0.4, 0.5) is 22.0 Å². The Labute approximate surface area is 165 Å². The molecule has 0 radical (unpaired) electrons. The van der Waals surface area contributed by atoms with Gasteiger partial charge in [-0.05, 0) is 36.2 Å². The van der Waals surface area contributed by atoms with Gasteiger partial charge in [0.05, 0.1) is 6.20 Å². The summed E-state index contributed by atoms with van der Waals surface area (Å²) in [6.07, 6.45) is -2.49. The van der Waals surface area contributed by atoms with Gasteiger partial charge in [0, 0.05) is 41.3 Å². The molecular weight excluding hydrogens is 389 g/mol. The molecule has 156 valence electrons. The van der Waals surface area contributed by atoms with E-state index in [0.717, 1.165) is 5.56 Å². The third-order valence-electron chi connectivity index (χ3n) is 4.48. The van der Waals surface area contributed by atoms with Gasteiger partial charge in [-0.1, -0.05) is 20.8 Å². The molecule has 0 fully saturated rings. The van der Waals surface area contributed by atoms with Crippen molar-refractivity contribution in [2.24, 2.45) is 5.41 Å². The van der Waals surface area contributed by atoms with E-state index in [4.69, 9.17) is 0 Å². The lowest BCUT2D eigenvalue weighted by molar-refractivity contribution is -0.140. The van der Waals surface area contributed by atoms with Crippen LogP contribution in [0.5, 0.6) is 0 Å². The Kier molecular flexibility index (Phi) is 5.42. The fourth-order valence-corrected chi connectivity index (χ4v) is 3.43.